The summed E-state index contributed by atoms with van der Waals surface area (Å²) in [4.78, 5) is 2.29. The van der Waals surface area contributed by atoms with Crippen LogP contribution in [0.2, 0.25) is 0 Å². The average molecular weight is 632 g/mol. The third-order valence-electron chi connectivity index (χ3n) is 12.3. The number of hydrogen-bond acceptors (Lipinski definition) is 4. The third-order valence-corrected chi connectivity index (χ3v) is 13.4. The van der Waals surface area contributed by atoms with Crippen LogP contribution in [0.1, 0.15) is 107 Å². The summed E-state index contributed by atoms with van der Waals surface area (Å²) < 4.78 is 62.7. The number of thioether (sulfide) groups is 1. The largest absolute Gasteiger partial charge is 0.508 e. The molecular formula is C34H50F5NO2S. The number of benzene rings is 1. The quantitative estimate of drug-likeness (QED) is 0.159. The van der Waals surface area contributed by atoms with Gasteiger partial charge in [0.05, 0.1) is 5.60 Å². The van der Waals surface area contributed by atoms with Gasteiger partial charge in [-0.25, -0.2) is 0 Å². The van der Waals surface area contributed by atoms with Crippen molar-refractivity contribution in [1.82, 2.24) is 4.90 Å². The van der Waals surface area contributed by atoms with Gasteiger partial charge in [-0.05, 0) is 149 Å². The van der Waals surface area contributed by atoms with Crippen molar-refractivity contribution >= 4 is 11.8 Å². The van der Waals surface area contributed by atoms with Crippen LogP contribution in [0.5, 0.6) is 5.75 Å². The molecule has 4 aliphatic rings. The first-order valence-corrected chi connectivity index (χ1v) is 17.6. The normalized spacial score (nSPS) is 33.5. The number of fused-ring (bicyclic) bond motifs is 3. The van der Waals surface area contributed by atoms with Crippen molar-refractivity contribution in [3.63, 3.8) is 0 Å². The first-order chi connectivity index (χ1) is 20.2. The summed E-state index contributed by atoms with van der Waals surface area (Å²) in [5.74, 6) is -1.43. The summed E-state index contributed by atoms with van der Waals surface area (Å²) >= 11 is 1.45. The van der Waals surface area contributed by atoms with Crippen molar-refractivity contribution in [1.29, 1.82) is 0 Å². The van der Waals surface area contributed by atoms with Gasteiger partial charge in [0, 0.05) is 11.8 Å². The Morgan fingerprint density at radius 3 is 2.47 bits per heavy atom. The van der Waals surface area contributed by atoms with Crippen molar-refractivity contribution in [2.75, 3.05) is 31.6 Å². The van der Waals surface area contributed by atoms with Gasteiger partial charge in [0.15, 0.2) is 0 Å². The molecule has 0 spiro atoms. The first-order valence-electron chi connectivity index (χ1n) is 16.5. The monoisotopic (exact) mass is 631 g/mol. The molecule has 5 rings (SSSR count). The maximum atomic E-state index is 13.0. The second-order valence-corrected chi connectivity index (χ2v) is 15.6. The van der Waals surface area contributed by atoms with E-state index in [1.54, 1.807) is 0 Å². The lowest BCUT2D eigenvalue weighted by Crippen LogP contribution is -2.53. The van der Waals surface area contributed by atoms with Crippen LogP contribution < -0.4 is 0 Å². The topological polar surface area (TPSA) is 43.7 Å². The highest BCUT2D eigenvalue weighted by Gasteiger charge is 2.76. The summed E-state index contributed by atoms with van der Waals surface area (Å²) in [6.07, 6.45) is 6.22. The van der Waals surface area contributed by atoms with Crippen LogP contribution in [0, 0.1) is 22.7 Å². The predicted octanol–water partition coefficient (Wildman–Crippen LogP) is 8.96. The molecule has 0 amide bonds. The molecule has 6 atom stereocenters. The second-order valence-electron chi connectivity index (χ2n) is 14.4. The maximum Gasteiger partial charge on any atom is 0.453 e. The summed E-state index contributed by atoms with van der Waals surface area (Å²) in [6, 6.07) is 5.99. The Morgan fingerprint density at radius 1 is 0.953 bits per heavy atom. The number of hydrogen-bond donors (Lipinski definition) is 2. The Hall–Kier alpha value is -1.06. The zero-order valence-electron chi connectivity index (χ0n) is 25.8. The van der Waals surface area contributed by atoms with E-state index in [0.717, 1.165) is 83.1 Å². The highest BCUT2D eigenvalue weighted by molar-refractivity contribution is 7.99. The van der Waals surface area contributed by atoms with Gasteiger partial charge in [-0.1, -0.05) is 25.8 Å². The number of phenolic OH excluding ortho intramolecular Hbond substituents is 1. The lowest BCUT2D eigenvalue weighted by molar-refractivity contribution is -0.284. The van der Waals surface area contributed by atoms with Crippen molar-refractivity contribution in [2.24, 2.45) is 22.7 Å². The number of aryl methyl sites for hydroxylation is 1. The van der Waals surface area contributed by atoms with Crippen LogP contribution in [0.25, 0.3) is 0 Å². The smallest absolute Gasteiger partial charge is 0.453 e. The summed E-state index contributed by atoms with van der Waals surface area (Å²) in [6.45, 7) is 4.30. The van der Waals surface area contributed by atoms with Gasteiger partial charge in [0.2, 0.25) is 0 Å². The van der Waals surface area contributed by atoms with Gasteiger partial charge in [0.1, 0.15) is 5.75 Å². The molecule has 0 aliphatic heterocycles. The molecule has 0 aromatic heterocycles. The molecule has 3 saturated carbocycles. The summed E-state index contributed by atoms with van der Waals surface area (Å²) in [5, 5.41) is 22.0. The van der Waals surface area contributed by atoms with E-state index >= 15 is 0 Å². The predicted molar refractivity (Wildman–Crippen MR) is 163 cm³/mol. The van der Waals surface area contributed by atoms with Crippen molar-refractivity contribution < 1.29 is 32.2 Å². The van der Waals surface area contributed by atoms with E-state index in [1.807, 2.05) is 12.1 Å². The minimum absolute atomic E-state index is 0.00229. The van der Waals surface area contributed by atoms with Gasteiger partial charge >= 0.3 is 12.1 Å². The Labute approximate surface area is 258 Å². The van der Waals surface area contributed by atoms with Crippen LogP contribution in [-0.2, 0) is 6.42 Å². The van der Waals surface area contributed by atoms with E-state index in [-0.39, 0.29) is 17.3 Å². The minimum Gasteiger partial charge on any atom is -0.508 e. The van der Waals surface area contributed by atoms with Crippen LogP contribution in [0.15, 0.2) is 18.2 Å². The zero-order valence-corrected chi connectivity index (χ0v) is 26.6. The Bertz CT molecular complexity index is 1120. The summed E-state index contributed by atoms with van der Waals surface area (Å²) in [7, 11) is 2.09. The van der Waals surface area contributed by atoms with E-state index in [4.69, 9.17) is 0 Å². The molecule has 3 nitrogen and oxygen atoms in total. The van der Waals surface area contributed by atoms with Gasteiger partial charge in [-0.15, -0.1) is 0 Å². The van der Waals surface area contributed by atoms with E-state index in [9.17, 15) is 32.2 Å². The number of nitrogens with zero attached hydrogens (tertiary/aromatic N) is 1. The number of alkyl halides is 5. The van der Waals surface area contributed by atoms with Gasteiger partial charge in [-0.2, -0.15) is 33.7 Å². The molecule has 0 heterocycles. The van der Waals surface area contributed by atoms with Crippen LogP contribution >= 0.6 is 11.8 Å². The number of aromatic hydroxyl groups is 1. The lowest BCUT2D eigenvalue weighted by atomic mass is 9.46. The molecule has 2 bridgehead atoms. The van der Waals surface area contributed by atoms with Crippen molar-refractivity contribution in [2.45, 2.75) is 120 Å². The minimum atomic E-state index is -5.45. The molecule has 1 aromatic carbocycles. The zero-order chi connectivity index (χ0) is 31.1. The van der Waals surface area contributed by atoms with Gasteiger partial charge in [-0.3, -0.25) is 0 Å². The lowest BCUT2D eigenvalue weighted by Gasteiger charge is -2.58. The Kier molecular flexibility index (Phi) is 9.77. The molecule has 2 N–H and O–H groups in total. The molecule has 0 saturated heterocycles. The molecular weight excluding hydrogens is 581 g/mol. The standard InChI is InChI=1S/C34H50F5NO2S/c1-30-15-13-28-27-11-10-26(41)22-24(27)9-12-29(28)32(30)17-16-31(30,42)23-25(32)8-4-3-5-18-40(2)19-7-21-43-20-6-14-33(35,36)34(37,38)39/h10-11,22,25,28-29,41-42H,3-9,12-21,23H2,1-2H3/t25-,28+,29+,30+,31-,32-/m0/s1. The number of aliphatic hydroxyl groups is 1. The average Bonchev–Trinajstić information content (AvgIpc) is 3.29. The fourth-order valence-corrected chi connectivity index (χ4v) is 11.0. The van der Waals surface area contributed by atoms with Crippen LogP contribution in [0.3, 0.4) is 0 Å². The molecule has 0 radical (unpaired) electrons. The molecule has 0 unspecified atom stereocenters. The highest BCUT2D eigenvalue weighted by atomic mass is 32.2. The third kappa shape index (κ3) is 6.09. The highest BCUT2D eigenvalue weighted by Crippen LogP contribution is 2.80. The van der Waals surface area contributed by atoms with Gasteiger partial charge in [0.25, 0.3) is 0 Å². The molecule has 4 aliphatic carbocycles. The van der Waals surface area contributed by atoms with E-state index < -0.39 is 24.1 Å². The van der Waals surface area contributed by atoms with Crippen molar-refractivity contribution in [3.8, 4) is 5.75 Å². The van der Waals surface area contributed by atoms with Crippen LogP contribution in [0.4, 0.5) is 22.0 Å². The Morgan fingerprint density at radius 2 is 1.70 bits per heavy atom. The maximum absolute atomic E-state index is 13.0. The second kappa shape index (κ2) is 12.6. The Balaban J connectivity index is 1.04. The van der Waals surface area contributed by atoms with E-state index in [0.29, 0.717) is 29.3 Å². The molecule has 9 heteroatoms. The van der Waals surface area contributed by atoms with Crippen molar-refractivity contribution in [3.05, 3.63) is 29.3 Å². The molecule has 3 fully saturated rings. The van der Waals surface area contributed by atoms with E-state index in [1.165, 1.54) is 35.7 Å². The molecule has 1 aromatic rings. The number of phenols is 1. The number of unbranched alkanes of at least 4 members (excludes halogenated alkanes) is 2. The SMILES string of the molecule is CN(CCCCC[C@H]1C[C@@]2(O)CC[C@@]13[C@@H]1CCc4cc(O)ccc4[C@H]1CC[C@]23C)CCCSCCCC(F)(F)C(F)(F)F. The number of rotatable bonds is 14. The fraction of sp³-hybridized carbons (Fsp3) is 0.824. The van der Waals surface area contributed by atoms with Gasteiger partial charge < -0.3 is 15.1 Å². The summed E-state index contributed by atoms with van der Waals surface area (Å²) in [5.41, 5.74) is 2.43. The first kappa shape index (κ1) is 33.3. The fourth-order valence-electron chi connectivity index (χ4n) is 10.1. The number of halogens is 5. The van der Waals surface area contributed by atoms with E-state index in [2.05, 4.69) is 24.9 Å². The molecule has 244 valence electrons. The van der Waals surface area contributed by atoms with Crippen LogP contribution in [-0.4, -0.2) is 64.5 Å². The molecule has 43 heavy (non-hydrogen) atoms.